The van der Waals surface area contributed by atoms with Crippen LogP contribution in [-0.4, -0.2) is 25.5 Å². The van der Waals surface area contributed by atoms with Crippen molar-refractivity contribution in [1.29, 1.82) is 0 Å². The van der Waals surface area contributed by atoms with Gasteiger partial charge >= 0.3 is 5.97 Å². The van der Waals surface area contributed by atoms with E-state index in [1.807, 2.05) is 0 Å². The van der Waals surface area contributed by atoms with Gasteiger partial charge in [-0.25, -0.2) is 0 Å². The van der Waals surface area contributed by atoms with Crippen molar-refractivity contribution in [2.24, 2.45) is 0 Å². The normalized spacial score (nSPS) is 9.76. The van der Waals surface area contributed by atoms with Gasteiger partial charge < -0.3 is 15.8 Å². The van der Waals surface area contributed by atoms with Gasteiger partial charge in [0.15, 0.2) is 0 Å². The fourth-order valence-corrected chi connectivity index (χ4v) is 1.62. The molecular formula is C11H13BrN2O3. The molecule has 5 nitrogen and oxygen atoms in total. The average molecular weight is 301 g/mol. The number of methoxy groups -OCH3 is 1. The molecule has 1 rings (SSSR count). The van der Waals surface area contributed by atoms with Gasteiger partial charge in [0.25, 0.3) is 5.91 Å². The SMILES string of the molecule is COC(=O)CCNC(=O)c1cc(N)ccc1Br. The summed E-state index contributed by atoms with van der Waals surface area (Å²) in [5, 5.41) is 2.61. The fourth-order valence-electron chi connectivity index (χ4n) is 1.19. The average Bonchev–Trinajstić information content (AvgIpc) is 2.31. The van der Waals surface area contributed by atoms with Gasteiger partial charge in [-0.2, -0.15) is 0 Å². The van der Waals surface area contributed by atoms with Gasteiger partial charge in [0.05, 0.1) is 19.1 Å². The lowest BCUT2D eigenvalue weighted by Gasteiger charge is -2.07. The van der Waals surface area contributed by atoms with Crippen molar-refractivity contribution in [2.45, 2.75) is 6.42 Å². The summed E-state index contributed by atoms with van der Waals surface area (Å²) in [6, 6.07) is 4.96. The molecule has 1 aromatic rings. The van der Waals surface area contributed by atoms with E-state index < -0.39 is 0 Å². The minimum atomic E-state index is -0.364. The van der Waals surface area contributed by atoms with Crippen molar-refractivity contribution in [3.63, 3.8) is 0 Å². The van der Waals surface area contributed by atoms with Crippen LogP contribution in [0.1, 0.15) is 16.8 Å². The standard InChI is InChI=1S/C11H13BrN2O3/c1-17-10(15)4-5-14-11(16)8-6-7(13)2-3-9(8)12/h2-3,6H,4-5,13H2,1H3,(H,14,16). The summed E-state index contributed by atoms with van der Waals surface area (Å²) in [6.45, 7) is 0.229. The molecule has 1 amide bonds. The smallest absolute Gasteiger partial charge is 0.307 e. The minimum Gasteiger partial charge on any atom is -0.469 e. The third kappa shape index (κ3) is 4.07. The molecule has 0 saturated heterocycles. The van der Waals surface area contributed by atoms with Crippen molar-refractivity contribution < 1.29 is 14.3 Å². The van der Waals surface area contributed by atoms with Crippen molar-refractivity contribution in [1.82, 2.24) is 5.32 Å². The van der Waals surface area contributed by atoms with Crippen LogP contribution in [0, 0.1) is 0 Å². The number of rotatable bonds is 4. The van der Waals surface area contributed by atoms with Gasteiger partial charge in [-0.05, 0) is 34.1 Å². The first kappa shape index (κ1) is 13.5. The first-order valence-electron chi connectivity index (χ1n) is 4.94. The topological polar surface area (TPSA) is 81.4 Å². The van der Waals surface area contributed by atoms with Crippen LogP contribution in [0.2, 0.25) is 0 Å². The predicted molar refractivity (Wildman–Crippen MR) is 67.5 cm³/mol. The maximum atomic E-state index is 11.7. The molecule has 3 N–H and O–H groups in total. The number of carbonyl (C=O) groups excluding carboxylic acids is 2. The Balaban J connectivity index is 2.58. The molecule has 6 heteroatoms. The summed E-state index contributed by atoms with van der Waals surface area (Å²) in [5.41, 5.74) is 6.53. The number of ether oxygens (including phenoxy) is 1. The zero-order chi connectivity index (χ0) is 12.8. The van der Waals surface area contributed by atoms with Gasteiger partial charge in [-0.1, -0.05) is 0 Å². The zero-order valence-corrected chi connectivity index (χ0v) is 10.9. The van der Waals surface area contributed by atoms with Crippen LogP contribution in [0.4, 0.5) is 5.69 Å². The molecule has 0 fully saturated rings. The number of amides is 1. The maximum Gasteiger partial charge on any atom is 0.307 e. The van der Waals surface area contributed by atoms with Crippen LogP contribution in [0.3, 0.4) is 0 Å². The van der Waals surface area contributed by atoms with E-state index in [2.05, 4.69) is 26.0 Å². The summed E-state index contributed by atoms with van der Waals surface area (Å²) in [6.07, 6.45) is 0.141. The molecule has 1 aromatic carbocycles. The monoisotopic (exact) mass is 300 g/mol. The molecule has 0 spiro atoms. The Morgan fingerprint density at radius 1 is 1.47 bits per heavy atom. The van der Waals surface area contributed by atoms with E-state index in [1.165, 1.54) is 7.11 Å². The van der Waals surface area contributed by atoms with Gasteiger partial charge in [-0.3, -0.25) is 9.59 Å². The Bertz CT molecular complexity index is 435. The predicted octanol–water partition coefficient (Wildman–Crippen LogP) is 1.32. The summed E-state index contributed by atoms with van der Waals surface area (Å²) >= 11 is 3.26. The number of nitrogens with two attached hydrogens (primary N) is 1. The highest BCUT2D eigenvalue weighted by Crippen LogP contribution is 2.19. The Morgan fingerprint density at radius 3 is 2.82 bits per heavy atom. The third-order valence-electron chi connectivity index (χ3n) is 2.08. The third-order valence-corrected chi connectivity index (χ3v) is 2.77. The number of anilines is 1. The lowest BCUT2D eigenvalue weighted by Crippen LogP contribution is -2.26. The van der Waals surface area contributed by atoms with E-state index in [0.29, 0.717) is 15.7 Å². The number of esters is 1. The summed E-state index contributed by atoms with van der Waals surface area (Å²) < 4.78 is 5.12. The molecule has 0 saturated carbocycles. The summed E-state index contributed by atoms with van der Waals surface area (Å²) in [7, 11) is 1.30. The highest BCUT2D eigenvalue weighted by molar-refractivity contribution is 9.10. The van der Waals surface area contributed by atoms with E-state index in [-0.39, 0.29) is 24.8 Å². The number of hydrogen-bond acceptors (Lipinski definition) is 4. The highest BCUT2D eigenvalue weighted by atomic mass is 79.9. The van der Waals surface area contributed by atoms with Crippen LogP contribution in [0.15, 0.2) is 22.7 Å². The molecule has 0 atom stereocenters. The van der Waals surface area contributed by atoms with Crippen molar-refractivity contribution in [3.05, 3.63) is 28.2 Å². The summed E-state index contributed by atoms with van der Waals surface area (Å²) in [5.74, 6) is -0.648. The molecular weight excluding hydrogens is 288 g/mol. The quantitative estimate of drug-likeness (QED) is 0.649. The van der Waals surface area contributed by atoms with Gasteiger partial charge in [0.2, 0.25) is 0 Å². The molecule has 92 valence electrons. The van der Waals surface area contributed by atoms with Crippen LogP contribution < -0.4 is 11.1 Å². The van der Waals surface area contributed by atoms with Crippen LogP contribution in [0.5, 0.6) is 0 Å². The molecule has 0 aliphatic rings. The van der Waals surface area contributed by atoms with Gasteiger partial charge in [0.1, 0.15) is 0 Å². The second-order valence-electron chi connectivity index (χ2n) is 3.32. The second-order valence-corrected chi connectivity index (χ2v) is 4.18. The van der Waals surface area contributed by atoms with Gasteiger partial charge in [-0.15, -0.1) is 0 Å². The Kier molecular flexibility index (Phi) is 4.96. The number of nitrogen functional groups attached to an aromatic ring is 1. The minimum absolute atomic E-state index is 0.141. The zero-order valence-electron chi connectivity index (χ0n) is 9.33. The van der Waals surface area contributed by atoms with Crippen molar-refractivity contribution >= 4 is 33.5 Å². The van der Waals surface area contributed by atoms with Crippen LogP contribution >= 0.6 is 15.9 Å². The molecule has 0 unspecified atom stereocenters. The fraction of sp³-hybridized carbons (Fsp3) is 0.273. The van der Waals surface area contributed by atoms with E-state index in [0.717, 1.165) is 0 Å². The highest BCUT2D eigenvalue weighted by Gasteiger charge is 2.10. The van der Waals surface area contributed by atoms with E-state index in [9.17, 15) is 9.59 Å². The van der Waals surface area contributed by atoms with E-state index in [1.54, 1.807) is 18.2 Å². The van der Waals surface area contributed by atoms with Crippen LogP contribution in [-0.2, 0) is 9.53 Å². The lowest BCUT2D eigenvalue weighted by molar-refractivity contribution is -0.140. The number of halogens is 1. The van der Waals surface area contributed by atoms with Crippen LogP contribution in [0.25, 0.3) is 0 Å². The molecule has 0 aromatic heterocycles. The Labute approximate surface area is 107 Å². The first-order valence-corrected chi connectivity index (χ1v) is 5.74. The molecule has 0 radical (unpaired) electrons. The van der Waals surface area contributed by atoms with Gasteiger partial charge in [0, 0.05) is 16.7 Å². The van der Waals surface area contributed by atoms with Crippen molar-refractivity contribution in [3.8, 4) is 0 Å². The maximum absolute atomic E-state index is 11.7. The molecule has 0 bridgehead atoms. The van der Waals surface area contributed by atoms with E-state index >= 15 is 0 Å². The molecule has 0 aliphatic heterocycles. The Hall–Kier alpha value is -1.56. The first-order chi connectivity index (χ1) is 8.04. The van der Waals surface area contributed by atoms with E-state index in [4.69, 9.17) is 5.73 Å². The number of nitrogens with one attached hydrogen (secondary N) is 1. The molecule has 17 heavy (non-hydrogen) atoms. The largest absolute Gasteiger partial charge is 0.469 e. The molecule has 0 aliphatic carbocycles. The number of hydrogen-bond donors (Lipinski definition) is 2. The van der Waals surface area contributed by atoms with Crippen molar-refractivity contribution in [2.75, 3.05) is 19.4 Å². The second kappa shape index (κ2) is 6.24. The molecule has 0 heterocycles. The number of carbonyl (C=O) groups is 2. The summed E-state index contributed by atoms with van der Waals surface area (Å²) in [4.78, 5) is 22.6. The Morgan fingerprint density at radius 2 is 2.18 bits per heavy atom. The lowest BCUT2D eigenvalue weighted by atomic mass is 10.2. The number of benzene rings is 1.